The van der Waals surface area contributed by atoms with E-state index in [1.807, 2.05) is 0 Å². The van der Waals surface area contributed by atoms with Gasteiger partial charge in [0.15, 0.2) is 0 Å². The first-order valence-corrected chi connectivity index (χ1v) is 6.98. The zero-order valence-electron chi connectivity index (χ0n) is 11.5. The largest absolute Gasteiger partial charge is 0.485 e. The molecule has 0 aliphatic carbocycles. The average Bonchev–Trinajstić information content (AvgIpc) is 2.48. The van der Waals surface area contributed by atoms with Gasteiger partial charge in [0, 0.05) is 18.0 Å². The summed E-state index contributed by atoms with van der Waals surface area (Å²) in [5, 5.41) is 0. The van der Waals surface area contributed by atoms with E-state index in [1.54, 1.807) is 6.07 Å². The van der Waals surface area contributed by atoms with Crippen molar-refractivity contribution in [3.05, 3.63) is 65.0 Å². The minimum atomic E-state index is -0.270. The highest BCUT2D eigenvalue weighted by molar-refractivity contribution is 5.39. The number of benzene rings is 2. The van der Waals surface area contributed by atoms with Gasteiger partial charge in [0.1, 0.15) is 17.7 Å². The number of fused-ring (bicyclic) bond motifs is 1. The Morgan fingerprint density at radius 1 is 1.20 bits per heavy atom. The smallest absolute Gasteiger partial charge is 0.126 e. The second-order valence-electron chi connectivity index (χ2n) is 5.23. The summed E-state index contributed by atoms with van der Waals surface area (Å²) in [5.41, 5.74) is 9.33. The first-order chi connectivity index (χ1) is 9.67. The minimum Gasteiger partial charge on any atom is -0.485 e. The number of ether oxygens (including phenoxy) is 1. The highest BCUT2D eigenvalue weighted by Crippen LogP contribution is 2.39. The van der Waals surface area contributed by atoms with Gasteiger partial charge in [0.25, 0.3) is 0 Å². The monoisotopic (exact) mass is 271 g/mol. The van der Waals surface area contributed by atoms with E-state index in [0.717, 1.165) is 17.5 Å². The van der Waals surface area contributed by atoms with E-state index in [9.17, 15) is 4.39 Å². The molecule has 0 amide bonds. The molecule has 0 aromatic heterocycles. The van der Waals surface area contributed by atoms with Gasteiger partial charge in [-0.15, -0.1) is 0 Å². The summed E-state index contributed by atoms with van der Waals surface area (Å²) in [6.07, 6.45) is 1.63. The van der Waals surface area contributed by atoms with Gasteiger partial charge in [-0.2, -0.15) is 0 Å². The molecule has 0 radical (unpaired) electrons. The van der Waals surface area contributed by atoms with Crippen molar-refractivity contribution in [2.24, 2.45) is 5.73 Å². The van der Waals surface area contributed by atoms with E-state index in [4.69, 9.17) is 10.5 Å². The summed E-state index contributed by atoms with van der Waals surface area (Å²) >= 11 is 0. The maximum absolute atomic E-state index is 13.3. The molecule has 1 aliphatic heterocycles. The maximum atomic E-state index is 13.3. The average molecular weight is 271 g/mol. The van der Waals surface area contributed by atoms with Gasteiger partial charge in [0.2, 0.25) is 0 Å². The summed E-state index contributed by atoms with van der Waals surface area (Å²) in [4.78, 5) is 0. The van der Waals surface area contributed by atoms with Crippen LogP contribution in [-0.4, -0.2) is 0 Å². The zero-order valence-corrected chi connectivity index (χ0v) is 11.5. The maximum Gasteiger partial charge on any atom is 0.126 e. The van der Waals surface area contributed by atoms with Crippen molar-refractivity contribution in [2.45, 2.75) is 31.9 Å². The topological polar surface area (TPSA) is 35.2 Å². The molecule has 2 aromatic rings. The van der Waals surface area contributed by atoms with Crippen LogP contribution in [0.25, 0.3) is 0 Å². The molecule has 2 atom stereocenters. The van der Waals surface area contributed by atoms with Gasteiger partial charge in [-0.25, -0.2) is 4.39 Å². The van der Waals surface area contributed by atoms with Crippen molar-refractivity contribution in [1.82, 2.24) is 0 Å². The minimum absolute atomic E-state index is 0.0612. The molecule has 2 unspecified atom stereocenters. The van der Waals surface area contributed by atoms with Crippen LogP contribution in [0.4, 0.5) is 4.39 Å². The molecule has 1 heterocycles. The lowest BCUT2D eigenvalue weighted by molar-refractivity contribution is 0.161. The van der Waals surface area contributed by atoms with Crippen LogP contribution in [0, 0.1) is 5.82 Å². The standard InChI is InChI=1S/C17H18FNO/c1-2-11-3-5-12(6-4-11)17-10-15(19)14-9-13(18)7-8-16(14)20-17/h3-9,15,17H,2,10,19H2,1H3. The van der Waals surface area contributed by atoms with Crippen LogP contribution in [0.5, 0.6) is 5.75 Å². The predicted molar refractivity (Wildman–Crippen MR) is 77.1 cm³/mol. The van der Waals surface area contributed by atoms with E-state index in [1.165, 1.54) is 17.7 Å². The molecule has 2 aromatic carbocycles. The quantitative estimate of drug-likeness (QED) is 0.898. The van der Waals surface area contributed by atoms with Crippen LogP contribution in [0.1, 0.15) is 42.2 Å². The molecule has 3 heteroatoms. The Balaban J connectivity index is 1.88. The molecule has 0 spiro atoms. The SMILES string of the molecule is CCc1ccc(C2CC(N)c3cc(F)ccc3O2)cc1. The summed E-state index contributed by atoms with van der Waals surface area (Å²) < 4.78 is 19.2. The van der Waals surface area contributed by atoms with E-state index in [0.29, 0.717) is 12.2 Å². The van der Waals surface area contributed by atoms with E-state index in [2.05, 4.69) is 31.2 Å². The number of nitrogens with two attached hydrogens (primary N) is 1. The highest BCUT2D eigenvalue weighted by Gasteiger charge is 2.27. The molecule has 0 bridgehead atoms. The third-order valence-corrected chi connectivity index (χ3v) is 3.87. The number of hydrogen-bond acceptors (Lipinski definition) is 2. The molecule has 0 fully saturated rings. The molecular formula is C17H18FNO. The Morgan fingerprint density at radius 3 is 2.65 bits per heavy atom. The summed E-state index contributed by atoms with van der Waals surface area (Å²) in [5.74, 6) is 0.420. The molecule has 3 rings (SSSR count). The fourth-order valence-electron chi connectivity index (χ4n) is 2.65. The van der Waals surface area contributed by atoms with E-state index >= 15 is 0 Å². The number of halogens is 1. The van der Waals surface area contributed by atoms with Gasteiger partial charge < -0.3 is 10.5 Å². The van der Waals surface area contributed by atoms with Crippen LogP contribution in [0.2, 0.25) is 0 Å². The molecular weight excluding hydrogens is 253 g/mol. The van der Waals surface area contributed by atoms with Crippen molar-refractivity contribution in [3.8, 4) is 5.75 Å². The van der Waals surface area contributed by atoms with Crippen molar-refractivity contribution in [3.63, 3.8) is 0 Å². The lowest BCUT2D eigenvalue weighted by Crippen LogP contribution is -2.24. The number of aryl methyl sites for hydroxylation is 1. The Labute approximate surface area is 118 Å². The number of hydrogen-bond donors (Lipinski definition) is 1. The van der Waals surface area contributed by atoms with Gasteiger partial charge in [-0.05, 0) is 35.7 Å². The lowest BCUT2D eigenvalue weighted by Gasteiger charge is -2.30. The Bertz CT molecular complexity index is 609. The van der Waals surface area contributed by atoms with E-state index < -0.39 is 0 Å². The third kappa shape index (κ3) is 2.41. The number of rotatable bonds is 2. The van der Waals surface area contributed by atoms with Crippen LogP contribution in [0.3, 0.4) is 0 Å². The molecule has 104 valence electrons. The fourth-order valence-corrected chi connectivity index (χ4v) is 2.65. The Kier molecular flexibility index (Phi) is 3.45. The first-order valence-electron chi connectivity index (χ1n) is 6.98. The summed E-state index contributed by atoms with van der Waals surface area (Å²) in [6, 6.07) is 12.8. The van der Waals surface area contributed by atoms with E-state index in [-0.39, 0.29) is 18.0 Å². The van der Waals surface area contributed by atoms with Crippen molar-refractivity contribution in [2.75, 3.05) is 0 Å². The van der Waals surface area contributed by atoms with Gasteiger partial charge in [-0.3, -0.25) is 0 Å². The second-order valence-corrected chi connectivity index (χ2v) is 5.23. The third-order valence-electron chi connectivity index (χ3n) is 3.87. The van der Waals surface area contributed by atoms with Crippen LogP contribution in [-0.2, 0) is 6.42 Å². The van der Waals surface area contributed by atoms with Crippen LogP contribution < -0.4 is 10.5 Å². The lowest BCUT2D eigenvalue weighted by atomic mass is 9.93. The first kappa shape index (κ1) is 13.1. The summed E-state index contributed by atoms with van der Waals surface area (Å²) in [7, 11) is 0. The Morgan fingerprint density at radius 2 is 1.95 bits per heavy atom. The van der Waals surface area contributed by atoms with Crippen LogP contribution in [0.15, 0.2) is 42.5 Å². The van der Waals surface area contributed by atoms with Gasteiger partial charge in [-0.1, -0.05) is 31.2 Å². The molecule has 2 nitrogen and oxygen atoms in total. The fraction of sp³-hybridized carbons (Fsp3) is 0.294. The molecule has 0 saturated carbocycles. The second kappa shape index (κ2) is 5.25. The van der Waals surface area contributed by atoms with Gasteiger partial charge in [0.05, 0.1) is 0 Å². The normalized spacial score (nSPS) is 21.1. The van der Waals surface area contributed by atoms with Crippen molar-refractivity contribution >= 4 is 0 Å². The van der Waals surface area contributed by atoms with Crippen molar-refractivity contribution < 1.29 is 9.13 Å². The van der Waals surface area contributed by atoms with Gasteiger partial charge >= 0.3 is 0 Å². The molecule has 2 N–H and O–H groups in total. The molecule has 1 aliphatic rings. The highest BCUT2D eigenvalue weighted by atomic mass is 19.1. The Hall–Kier alpha value is -1.87. The molecule has 0 saturated heterocycles. The van der Waals surface area contributed by atoms with Crippen LogP contribution >= 0.6 is 0 Å². The zero-order chi connectivity index (χ0) is 14.1. The predicted octanol–water partition coefficient (Wildman–Crippen LogP) is 3.91. The van der Waals surface area contributed by atoms with Crippen molar-refractivity contribution in [1.29, 1.82) is 0 Å². The molecule has 20 heavy (non-hydrogen) atoms. The summed E-state index contributed by atoms with van der Waals surface area (Å²) in [6.45, 7) is 2.13.